The molecule has 0 amide bonds. The summed E-state index contributed by atoms with van der Waals surface area (Å²) in [7, 11) is 1.69. The van der Waals surface area contributed by atoms with Crippen LogP contribution < -0.4 is 10.5 Å². The van der Waals surface area contributed by atoms with Crippen LogP contribution in [0.3, 0.4) is 0 Å². The highest BCUT2D eigenvalue weighted by Crippen LogP contribution is 2.49. The van der Waals surface area contributed by atoms with Crippen LogP contribution in [0.1, 0.15) is 32.3 Å². The first-order chi connectivity index (χ1) is 6.99. The average Bonchev–Trinajstić information content (AvgIpc) is 2.98. The molecule has 0 aliphatic heterocycles. The summed E-state index contributed by atoms with van der Waals surface area (Å²) < 4.78 is 5.15. The second-order valence-electron chi connectivity index (χ2n) is 5.01. The van der Waals surface area contributed by atoms with Crippen molar-refractivity contribution in [3.63, 3.8) is 0 Å². The van der Waals surface area contributed by atoms with E-state index in [1.807, 2.05) is 12.1 Å². The monoisotopic (exact) mass is 205 g/mol. The molecule has 2 nitrogen and oxygen atoms in total. The highest BCUT2D eigenvalue weighted by molar-refractivity contribution is 5.36. The van der Waals surface area contributed by atoms with E-state index in [-0.39, 0.29) is 11.0 Å². The first-order valence-electron chi connectivity index (χ1n) is 5.43. The number of ether oxygens (including phenoxy) is 1. The molecule has 1 fully saturated rings. The minimum Gasteiger partial charge on any atom is -0.497 e. The van der Waals surface area contributed by atoms with Crippen LogP contribution in [0, 0.1) is 0 Å². The Morgan fingerprint density at radius 3 is 2.13 bits per heavy atom. The van der Waals surface area contributed by atoms with Crippen molar-refractivity contribution in [2.75, 3.05) is 7.11 Å². The van der Waals surface area contributed by atoms with Gasteiger partial charge in [0.2, 0.25) is 0 Å². The van der Waals surface area contributed by atoms with Crippen molar-refractivity contribution in [1.82, 2.24) is 0 Å². The topological polar surface area (TPSA) is 35.2 Å². The van der Waals surface area contributed by atoms with Crippen LogP contribution in [0.5, 0.6) is 5.75 Å². The maximum atomic E-state index is 6.30. The lowest BCUT2D eigenvalue weighted by atomic mass is 9.76. The fourth-order valence-electron chi connectivity index (χ4n) is 2.05. The Labute approximate surface area is 91.4 Å². The van der Waals surface area contributed by atoms with Crippen LogP contribution in [0.2, 0.25) is 0 Å². The van der Waals surface area contributed by atoms with Crippen molar-refractivity contribution in [2.45, 2.75) is 37.6 Å². The molecule has 0 saturated heterocycles. The van der Waals surface area contributed by atoms with E-state index < -0.39 is 0 Å². The quantitative estimate of drug-likeness (QED) is 0.822. The Morgan fingerprint density at radius 2 is 1.73 bits per heavy atom. The number of hydrogen-bond acceptors (Lipinski definition) is 2. The Hall–Kier alpha value is -1.02. The van der Waals surface area contributed by atoms with Gasteiger partial charge >= 0.3 is 0 Å². The maximum absolute atomic E-state index is 6.30. The highest BCUT2D eigenvalue weighted by atomic mass is 16.5. The summed E-state index contributed by atoms with van der Waals surface area (Å²) in [6, 6.07) is 8.24. The second-order valence-corrected chi connectivity index (χ2v) is 5.01. The largest absolute Gasteiger partial charge is 0.497 e. The van der Waals surface area contributed by atoms with Crippen molar-refractivity contribution in [3.05, 3.63) is 29.8 Å². The molecule has 0 bridgehead atoms. The molecule has 2 heteroatoms. The van der Waals surface area contributed by atoms with Gasteiger partial charge in [0.25, 0.3) is 0 Å². The van der Waals surface area contributed by atoms with Gasteiger partial charge in [-0.25, -0.2) is 0 Å². The van der Waals surface area contributed by atoms with Crippen molar-refractivity contribution in [2.24, 2.45) is 5.73 Å². The van der Waals surface area contributed by atoms with Crippen molar-refractivity contribution in [3.8, 4) is 5.75 Å². The third-order valence-corrected chi connectivity index (χ3v) is 3.85. The second kappa shape index (κ2) is 3.24. The number of methoxy groups -OCH3 is 1. The molecule has 0 atom stereocenters. The molecule has 2 N–H and O–H groups in total. The number of hydrogen-bond donors (Lipinski definition) is 1. The fourth-order valence-corrected chi connectivity index (χ4v) is 2.05. The van der Waals surface area contributed by atoms with Gasteiger partial charge < -0.3 is 10.5 Å². The van der Waals surface area contributed by atoms with E-state index in [0.29, 0.717) is 0 Å². The zero-order valence-electron chi connectivity index (χ0n) is 9.71. The maximum Gasteiger partial charge on any atom is 0.118 e. The third-order valence-electron chi connectivity index (χ3n) is 3.85. The number of benzene rings is 1. The normalized spacial score (nSPS) is 18.7. The highest BCUT2D eigenvalue weighted by Gasteiger charge is 2.51. The van der Waals surface area contributed by atoms with E-state index in [2.05, 4.69) is 26.0 Å². The minimum atomic E-state index is 0.00158. The third kappa shape index (κ3) is 1.63. The molecule has 1 saturated carbocycles. The standard InChI is InChI=1S/C13H19NO/c1-12(2,13(14)8-9-13)10-4-6-11(15-3)7-5-10/h4-7H,8-9,14H2,1-3H3. The summed E-state index contributed by atoms with van der Waals surface area (Å²) in [4.78, 5) is 0. The molecule has 0 heterocycles. The van der Waals surface area contributed by atoms with E-state index >= 15 is 0 Å². The molecule has 2 rings (SSSR count). The van der Waals surface area contributed by atoms with Gasteiger partial charge in [0.1, 0.15) is 5.75 Å². The zero-order valence-corrected chi connectivity index (χ0v) is 9.71. The molecule has 0 radical (unpaired) electrons. The van der Waals surface area contributed by atoms with E-state index in [4.69, 9.17) is 10.5 Å². The van der Waals surface area contributed by atoms with Gasteiger partial charge in [0, 0.05) is 11.0 Å². The summed E-state index contributed by atoms with van der Waals surface area (Å²) in [6.07, 6.45) is 2.26. The summed E-state index contributed by atoms with van der Waals surface area (Å²) in [5.41, 5.74) is 7.65. The molecule has 1 aromatic carbocycles. The van der Waals surface area contributed by atoms with E-state index in [9.17, 15) is 0 Å². The van der Waals surface area contributed by atoms with Gasteiger partial charge in [-0.05, 0) is 30.5 Å². The molecule has 82 valence electrons. The van der Waals surface area contributed by atoms with Crippen molar-refractivity contribution < 1.29 is 4.74 Å². The lowest BCUT2D eigenvalue weighted by molar-refractivity contribution is 0.388. The first kappa shape index (κ1) is 10.5. The van der Waals surface area contributed by atoms with E-state index in [1.54, 1.807) is 7.11 Å². The molecule has 1 aromatic rings. The van der Waals surface area contributed by atoms with Gasteiger partial charge in [0.15, 0.2) is 0 Å². The molecule has 0 unspecified atom stereocenters. The van der Waals surface area contributed by atoms with Crippen LogP contribution >= 0.6 is 0 Å². The molecule has 15 heavy (non-hydrogen) atoms. The van der Waals surface area contributed by atoms with E-state index in [1.165, 1.54) is 5.56 Å². The smallest absolute Gasteiger partial charge is 0.118 e. The van der Waals surface area contributed by atoms with E-state index in [0.717, 1.165) is 18.6 Å². The van der Waals surface area contributed by atoms with Gasteiger partial charge in [-0.3, -0.25) is 0 Å². The van der Waals surface area contributed by atoms with Gasteiger partial charge in [-0.1, -0.05) is 26.0 Å². The van der Waals surface area contributed by atoms with Crippen LogP contribution in [0.4, 0.5) is 0 Å². The summed E-state index contributed by atoms with van der Waals surface area (Å²) in [5, 5.41) is 0. The first-order valence-corrected chi connectivity index (χ1v) is 5.43. The zero-order chi connectivity index (χ0) is 11.1. The Morgan fingerprint density at radius 1 is 1.20 bits per heavy atom. The summed E-state index contributed by atoms with van der Waals surface area (Å²) >= 11 is 0. The lowest BCUT2D eigenvalue weighted by Crippen LogP contribution is -2.43. The number of rotatable bonds is 3. The van der Waals surface area contributed by atoms with Crippen LogP contribution in [0.15, 0.2) is 24.3 Å². The van der Waals surface area contributed by atoms with Crippen LogP contribution in [-0.2, 0) is 5.41 Å². The molecule has 1 aliphatic rings. The van der Waals surface area contributed by atoms with Gasteiger partial charge in [0.05, 0.1) is 7.11 Å². The summed E-state index contributed by atoms with van der Waals surface area (Å²) in [5.74, 6) is 0.899. The molecular weight excluding hydrogens is 186 g/mol. The SMILES string of the molecule is COc1ccc(C(C)(C)C2(N)CC2)cc1. The summed E-state index contributed by atoms with van der Waals surface area (Å²) in [6.45, 7) is 4.45. The Kier molecular flexibility index (Phi) is 2.27. The lowest BCUT2D eigenvalue weighted by Gasteiger charge is -2.32. The number of nitrogens with two attached hydrogens (primary N) is 1. The predicted molar refractivity (Wildman–Crippen MR) is 62.2 cm³/mol. The average molecular weight is 205 g/mol. The minimum absolute atomic E-state index is 0.00158. The fraction of sp³-hybridized carbons (Fsp3) is 0.538. The molecule has 0 aromatic heterocycles. The van der Waals surface area contributed by atoms with Gasteiger partial charge in [-0.15, -0.1) is 0 Å². The Balaban J connectivity index is 2.29. The molecular formula is C13H19NO. The predicted octanol–water partition coefficient (Wildman–Crippen LogP) is 2.46. The van der Waals surface area contributed by atoms with Crippen molar-refractivity contribution in [1.29, 1.82) is 0 Å². The van der Waals surface area contributed by atoms with Gasteiger partial charge in [-0.2, -0.15) is 0 Å². The molecule has 1 aliphatic carbocycles. The van der Waals surface area contributed by atoms with Crippen LogP contribution in [0.25, 0.3) is 0 Å². The molecule has 0 spiro atoms. The van der Waals surface area contributed by atoms with Crippen molar-refractivity contribution >= 4 is 0 Å². The Bertz CT molecular complexity index is 349. The van der Waals surface area contributed by atoms with Crippen LogP contribution in [-0.4, -0.2) is 12.6 Å².